The number of hydrogen-bond donors (Lipinski definition) is 3. The number of rotatable bonds is 1. The molecule has 0 aromatic rings. The fraction of sp³-hybridized carbons (Fsp3) is 0.571. The Balaban J connectivity index is 2.50. The summed E-state index contributed by atoms with van der Waals surface area (Å²) in [4.78, 5) is 0.446. The zero-order chi connectivity index (χ0) is 14.0. The molecule has 0 aromatic heterocycles. The van der Waals surface area contributed by atoms with E-state index >= 15 is 0 Å². The van der Waals surface area contributed by atoms with Crippen molar-refractivity contribution in [2.45, 2.75) is 39.0 Å². The minimum atomic E-state index is -0.478. The first-order chi connectivity index (χ1) is 9.08. The quantitative estimate of drug-likeness (QED) is 0.389. The molecule has 0 amide bonds. The second-order valence-corrected chi connectivity index (χ2v) is 5.70. The third-order valence-corrected chi connectivity index (χ3v) is 4.78. The van der Waals surface area contributed by atoms with E-state index in [2.05, 4.69) is 24.2 Å². The first kappa shape index (κ1) is 13.8. The Morgan fingerprint density at radius 1 is 1.53 bits per heavy atom. The summed E-state index contributed by atoms with van der Waals surface area (Å²) >= 11 is 5.26. The Hall–Kier alpha value is -1.63. The molecule has 100 valence electrons. The van der Waals surface area contributed by atoms with Crippen molar-refractivity contribution in [1.29, 1.82) is 10.7 Å². The van der Waals surface area contributed by atoms with Crippen LogP contribution in [0.4, 0.5) is 0 Å². The van der Waals surface area contributed by atoms with Gasteiger partial charge in [0.05, 0.1) is 17.2 Å². The lowest BCUT2D eigenvalue weighted by molar-refractivity contribution is 0.229. The van der Waals surface area contributed by atoms with Gasteiger partial charge in [-0.15, -0.1) is 0 Å². The van der Waals surface area contributed by atoms with Crippen LogP contribution in [-0.4, -0.2) is 10.9 Å². The van der Waals surface area contributed by atoms with Gasteiger partial charge < -0.3 is 11.1 Å². The van der Waals surface area contributed by atoms with Crippen LogP contribution >= 0.6 is 12.2 Å². The fourth-order valence-corrected chi connectivity index (χ4v) is 3.63. The molecule has 1 fully saturated rings. The Bertz CT molecular complexity index is 526. The van der Waals surface area contributed by atoms with Crippen molar-refractivity contribution in [3.05, 3.63) is 17.0 Å². The van der Waals surface area contributed by atoms with E-state index < -0.39 is 5.41 Å². The Morgan fingerprint density at radius 2 is 2.16 bits per heavy atom. The van der Waals surface area contributed by atoms with Gasteiger partial charge in [-0.05, 0) is 37.5 Å². The Morgan fingerprint density at radius 3 is 2.63 bits per heavy atom. The average molecular weight is 274 g/mol. The topological polar surface area (TPSA) is 85.7 Å². The maximum atomic E-state index is 9.43. The lowest BCUT2D eigenvalue weighted by atomic mass is 9.61. The highest BCUT2D eigenvalue weighted by Crippen LogP contribution is 2.51. The van der Waals surface area contributed by atoms with Crippen LogP contribution in [0.25, 0.3) is 0 Å². The minimum absolute atomic E-state index is 0.349. The van der Waals surface area contributed by atoms with Gasteiger partial charge >= 0.3 is 0 Å². The van der Waals surface area contributed by atoms with Gasteiger partial charge in [0.15, 0.2) is 0 Å². The standard InChI is InChI=1S/C14H18N4S/c1-2-9-3-5-14(6-4-9)10(7-15)12(17)18-13(19)11(14)8-16/h9,16H,2-6,17H2,1H3,(H,18,19). The molecule has 0 saturated heterocycles. The van der Waals surface area contributed by atoms with E-state index in [0.717, 1.165) is 32.1 Å². The van der Waals surface area contributed by atoms with Crippen molar-refractivity contribution in [1.82, 2.24) is 5.32 Å². The fourth-order valence-electron chi connectivity index (χ4n) is 3.27. The van der Waals surface area contributed by atoms with Crippen LogP contribution in [0.3, 0.4) is 0 Å². The molecule has 2 rings (SSSR count). The third-order valence-electron chi connectivity index (χ3n) is 4.47. The normalized spacial score (nSPS) is 30.8. The number of thiocarbonyl (C=S) groups is 1. The van der Waals surface area contributed by atoms with E-state index in [-0.39, 0.29) is 0 Å². The van der Waals surface area contributed by atoms with Gasteiger partial charge in [0, 0.05) is 5.41 Å². The van der Waals surface area contributed by atoms with Gasteiger partial charge in [0.1, 0.15) is 10.8 Å². The molecule has 0 aromatic carbocycles. The monoisotopic (exact) mass is 274 g/mol. The molecule has 0 atom stereocenters. The molecule has 5 heteroatoms. The van der Waals surface area contributed by atoms with Gasteiger partial charge in [0.25, 0.3) is 0 Å². The highest BCUT2D eigenvalue weighted by molar-refractivity contribution is 7.80. The van der Waals surface area contributed by atoms with Crippen LogP contribution in [0.5, 0.6) is 0 Å². The number of hydrogen-bond acceptors (Lipinski definition) is 4. The maximum Gasteiger partial charge on any atom is 0.118 e. The predicted molar refractivity (Wildman–Crippen MR) is 78.5 cm³/mol. The minimum Gasteiger partial charge on any atom is -0.384 e. The molecule has 0 unspecified atom stereocenters. The van der Waals surface area contributed by atoms with E-state index in [9.17, 15) is 5.26 Å². The number of allylic oxidation sites excluding steroid dienone is 1. The van der Waals surface area contributed by atoms with Gasteiger partial charge in [-0.1, -0.05) is 25.6 Å². The summed E-state index contributed by atoms with van der Waals surface area (Å²) in [6.45, 7) is 2.19. The first-order valence-electron chi connectivity index (χ1n) is 6.61. The summed E-state index contributed by atoms with van der Waals surface area (Å²) in [6.07, 6.45) is 4.91. The maximum absolute atomic E-state index is 9.43. The van der Waals surface area contributed by atoms with Crippen LogP contribution in [0.1, 0.15) is 39.0 Å². The molecule has 2 aliphatic rings. The largest absolute Gasteiger partial charge is 0.384 e. The Kier molecular flexibility index (Phi) is 3.75. The van der Waals surface area contributed by atoms with Crippen LogP contribution in [-0.2, 0) is 0 Å². The van der Waals surface area contributed by atoms with Crippen molar-refractivity contribution in [3.8, 4) is 6.07 Å². The van der Waals surface area contributed by atoms with Crippen LogP contribution in [0.2, 0.25) is 0 Å². The average Bonchev–Trinajstić information content (AvgIpc) is 2.40. The van der Waals surface area contributed by atoms with E-state index in [0.29, 0.717) is 27.9 Å². The van der Waals surface area contributed by atoms with Gasteiger partial charge in [-0.3, -0.25) is 5.41 Å². The van der Waals surface area contributed by atoms with E-state index in [1.54, 1.807) is 0 Å². The number of nitrogens with one attached hydrogen (secondary N) is 2. The molecular weight excluding hydrogens is 256 g/mol. The zero-order valence-electron chi connectivity index (χ0n) is 11.0. The number of nitrogens with two attached hydrogens (primary N) is 1. The molecule has 4 N–H and O–H groups in total. The smallest absolute Gasteiger partial charge is 0.118 e. The number of nitriles is 1. The summed E-state index contributed by atoms with van der Waals surface area (Å²) in [5.41, 5.74) is 6.61. The summed E-state index contributed by atoms with van der Waals surface area (Å²) in [5, 5.41) is 19.8. The van der Waals surface area contributed by atoms with Gasteiger partial charge in [-0.25, -0.2) is 0 Å². The molecule has 19 heavy (non-hydrogen) atoms. The van der Waals surface area contributed by atoms with Crippen LogP contribution in [0, 0.1) is 28.1 Å². The third kappa shape index (κ3) is 2.07. The molecular formula is C14H18N4S. The van der Waals surface area contributed by atoms with Gasteiger partial charge in [0.2, 0.25) is 0 Å². The summed E-state index contributed by atoms with van der Waals surface area (Å²) in [7, 11) is 0. The van der Waals surface area contributed by atoms with Crippen molar-refractivity contribution in [2.75, 3.05) is 0 Å². The highest BCUT2D eigenvalue weighted by atomic mass is 32.1. The molecule has 0 radical (unpaired) electrons. The summed E-state index contributed by atoms with van der Waals surface area (Å²) in [6, 6.07) is 2.22. The molecule has 0 bridgehead atoms. The van der Waals surface area contributed by atoms with Crippen molar-refractivity contribution in [3.63, 3.8) is 0 Å². The molecule has 1 heterocycles. The Labute approximate surface area is 118 Å². The second kappa shape index (κ2) is 5.16. The first-order valence-corrected chi connectivity index (χ1v) is 7.01. The van der Waals surface area contributed by atoms with E-state index in [4.69, 9.17) is 23.4 Å². The SMILES string of the molecule is CCC1CCC2(CC1)C(=C=N)C(=S)NC(N)=C2C#N. The molecule has 1 aliphatic heterocycles. The molecule has 1 aliphatic carbocycles. The zero-order valence-corrected chi connectivity index (χ0v) is 11.9. The van der Waals surface area contributed by atoms with Crippen molar-refractivity contribution in [2.24, 2.45) is 17.1 Å². The van der Waals surface area contributed by atoms with E-state index in [1.165, 1.54) is 0 Å². The molecule has 1 spiro atoms. The summed E-state index contributed by atoms with van der Waals surface area (Å²) < 4.78 is 0. The van der Waals surface area contributed by atoms with Gasteiger partial charge in [-0.2, -0.15) is 5.26 Å². The lowest BCUT2D eigenvalue weighted by Gasteiger charge is -2.43. The van der Waals surface area contributed by atoms with Crippen molar-refractivity contribution < 1.29 is 0 Å². The highest BCUT2D eigenvalue weighted by Gasteiger charge is 2.47. The lowest BCUT2D eigenvalue weighted by Crippen LogP contribution is -2.46. The second-order valence-electron chi connectivity index (χ2n) is 5.29. The van der Waals surface area contributed by atoms with Crippen LogP contribution in [0.15, 0.2) is 17.0 Å². The molecule has 1 saturated carbocycles. The van der Waals surface area contributed by atoms with E-state index in [1.807, 2.05) is 0 Å². The van der Waals surface area contributed by atoms with Crippen molar-refractivity contribution >= 4 is 23.1 Å². The molecule has 4 nitrogen and oxygen atoms in total. The number of nitrogens with zero attached hydrogens (tertiary/aromatic N) is 1. The summed E-state index contributed by atoms with van der Waals surface area (Å²) in [5.74, 6) is 3.50. The predicted octanol–water partition coefficient (Wildman–Crippen LogP) is 2.37. The van der Waals surface area contributed by atoms with Crippen LogP contribution < -0.4 is 11.1 Å².